The zero-order chi connectivity index (χ0) is 22.9. The van der Waals surface area contributed by atoms with Crippen LogP contribution >= 0.6 is 15.9 Å². The molecule has 0 spiro atoms. The second kappa shape index (κ2) is 8.81. The third-order valence-electron chi connectivity index (χ3n) is 6.30. The number of rotatable bonds is 4. The van der Waals surface area contributed by atoms with Crippen molar-refractivity contribution in [3.05, 3.63) is 138 Å². The molecular weight excluding hydrogens is 478 g/mol. The molecule has 0 saturated heterocycles. The third-order valence-corrected chi connectivity index (χ3v) is 6.83. The Morgan fingerprint density at radius 2 is 0.971 bits per heavy atom. The number of hydrogen-bond donors (Lipinski definition) is 0. The summed E-state index contributed by atoms with van der Waals surface area (Å²) >= 11 is 3.60. The number of fused-ring (bicyclic) bond motifs is 3. The van der Waals surface area contributed by atoms with Crippen molar-refractivity contribution in [2.24, 2.45) is 0 Å². The van der Waals surface area contributed by atoms with Gasteiger partial charge in [-0.1, -0.05) is 107 Å². The van der Waals surface area contributed by atoms with Gasteiger partial charge in [0, 0.05) is 21.2 Å². The average Bonchev–Trinajstić information content (AvgIpc) is 2.91. The minimum Gasteiger partial charge on any atom is -0.310 e. The summed E-state index contributed by atoms with van der Waals surface area (Å²) in [4.78, 5) is 2.36. The minimum atomic E-state index is 1.07. The first-order valence-corrected chi connectivity index (χ1v) is 12.2. The van der Waals surface area contributed by atoms with E-state index >= 15 is 0 Å². The van der Waals surface area contributed by atoms with Gasteiger partial charge in [0.15, 0.2) is 0 Å². The van der Waals surface area contributed by atoms with Crippen LogP contribution in [0.4, 0.5) is 17.1 Å². The Kier molecular flexibility index (Phi) is 5.37. The molecule has 0 aliphatic heterocycles. The number of hydrogen-bond acceptors (Lipinski definition) is 1. The number of halogens is 1. The van der Waals surface area contributed by atoms with Gasteiger partial charge in [0.25, 0.3) is 0 Å². The Morgan fingerprint density at radius 3 is 1.68 bits per heavy atom. The van der Waals surface area contributed by atoms with E-state index < -0.39 is 0 Å². The summed E-state index contributed by atoms with van der Waals surface area (Å²) in [6.07, 6.45) is 0. The molecule has 0 N–H and O–H groups in total. The van der Waals surface area contributed by atoms with Gasteiger partial charge in [0.1, 0.15) is 0 Å². The average molecular weight is 500 g/mol. The van der Waals surface area contributed by atoms with E-state index in [0.29, 0.717) is 0 Å². The molecule has 0 aromatic heterocycles. The SMILES string of the molecule is Brc1ccc(N(c2ccc(-c3ccccc3)cc2)c2cc3ccccc3c3ccccc23)cc1. The first-order valence-electron chi connectivity index (χ1n) is 11.4. The molecule has 162 valence electrons. The standard InChI is InChI=1S/C32H22BrN/c33-26-16-20-28(21-17-26)34(27-18-14-24(15-19-27)23-8-2-1-3-9-23)32-22-25-10-4-5-11-29(25)30-12-6-7-13-31(30)32/h1-22H. The predicted molar refractivity (Wildman–Crippen MR) is 149 cm³/mol. The lowest BCUT2D eigenvalue weighted by Gasteiger charge is -2.28. The van der Waals surface area contributed by atoms with Crippen LogP contribution < -0.4 is 4.90 Å². The zero-order valence-corrected chi connectivity index (χ0v) is 20.1. The van der Waals surface area contributed by atoms with Crippen LogP contribution in [0, 0.1) is 0 Å². The van der Waals surface area contributed by atoms with E-state index in [0.717, 1.165) is 15.8 Å². The van der Waals surface area contributed by atoms with Crippen molar-refractivity contribution >= 4 is 54.5 Å². The fourth-order valence-electron chi connectivity index (χ4n) is 4.67. The Labute approximate surface area is 208 Å². The summed E-state index contributed by atoms with van der Waals surface area (Å²) in [7, 11) is 0. The number of nitrogens with zero attached hydrogens (tertiary/aromatic N) is 1. The van der Waals surface area contributed by atoms with Crippen LogP contribution in [0.3, 0.4) is 0 Å². The Morgan fingerprint density at radius 1 is 0.441 bits per heavy atom. The van der Waals surface area contributed by atoms with Crippen molar-refractivity contribution < 1.29 is 0 Å². The molecule has 0 aliphatic carbocycles. The maximum Gasteiger partial charge on any atom is 0.0546 e. The van der Waals surface area contributed by atoms with Crippen LogP contribution in [-0.2, 0) is 0 Å². The topological polar surface area (TPSA) is 3.24 Å². The molecule has 2 heteroatoms. The van der Waals surface area contributed by atoms with Crippen LogP contribution in [0.2, 0.25) is 0 Å². The normalized spacial score (nSPS) is 11.1. The lowest BCUT2D eigenvalue weighted by molar-refractivity contribution is 1.30. The zero-order valence-electron chi connectivity index (χ0n) is 18.5. The van der Waals surface area contributed by atoms with Gasteiger partial charge in [-0.3, -0.25) is 0 Å². The number of anilines is 3. The molecule has 0 saturated carbocycles. The maximum atomic E-state index is 3.60. The Hall–Kier alpha value is -3.88. The fourth-order valence-corrected chi connectivity index (χ4v) is 4.93. The van der Waals surface area contributed by atoms with Crippen molar-refractivity contribution in [1.82, 2.24) is 0 Å². The van der Waals surface area contributed by atoms with Crippen molar-refractivity contribution in [3.8, 4) is 11.1 Å². The van der Waals surface area contributed by atoms with Gasteiger partial charge >= 0.3 is 0 Å². The lowest BCUT2D eigenvalue weighted by Crippen LogP contribution is -2.10. The quantitative estimate of drug-likeness (QED) is 0.218. The molecule has 0 atom stereocenters. The summed E-state index contributed by atoms with van der Waals surface area (Å²) in [5, 5.41) is 5.01. The Balaban J connectivity index is 1.58. The van der Waals surface area contributed by atoms with Gasteiger partial charge in [-0.25, -0.2) is 0 Å². The van der Waals surface area contributed by atoms with Crippen molar-refractivity contribution in [3.63, 3.8) is 0 Å². The van der Waals surface area contributed by atoms with Crippen molar-refractivity contribution in [2.45, 2.75) is 0 Å². The monoisotopic (exact) mass is 499 g/mol. The molecule has 34 heavy (non-hydrogen) atoms. The number of benzene rings is 6. The largest absolute Gasteiger partial charge is 0.310 e. The van der Waals surface area contributed by atoms with Crippen LogP contribution in [-0.4, -0.2) is 0 Å². The first-order chi connectivity index (χ1) is 16.8. The molecule has 0 unspecified atom stereocenters. The van der Waals surface area contributed by atoms with E-state index in [9.17, 15) is 0 Å². The van der Waals surface area contributed by atoms with E-state index in [2.05, 4.69) is 154 Å². The van der Waals surface area contributed by atoms with Gasteiger partial charge in [-0.15, -0.1) is 0 Å². The molecule has 0 heterocycles. The molecule has 6 rings (SSSR count). The highest BCUT2D eigenvalue weighted by molar-refractivity contribution is 9.10. The van der Waals surface area contributed by atoms with Gasteiger partial charge in [0.2, 0.25) is 0 Å². The molecular formula is C32H22BrN. The summed E-state index contributed by atoms with van der Waals surface area (Å²) in [6, 6.07) is 47.5. The maximum absolute atomic E-state index is 3.60. The smallest absolute Gasteiger partial charge is 0.0546 e. The molecule has 6 aromatic rings. The van der Waals surface area contributed by atoms with Crippen LogP contribution in [0.1, 0.15) is 0 Å². The van der Waals surface area contributed by atoms with Crippen LogP contribution in [0.15, 0.2) is 138 Å². The molecule has 6 aromatic carbocycles. The minimum absolute atomic E-state index is 1.07. The highest BCUT2D eigenvalue weighted by atomic mass is 79.9. The highest BCUT2D eigenvalue weighted by Crippen LogP contribution is 2.42. The van der Waals surface area contributed by atoms with Crippen molar-refractivity contribution in [2.75, 3.05) is 4.90 Å². The lowest BCUT2D eigenvalue weighted by atomic mass is 9.98. The van der Waals surface area contributed by atoms with Crippen LogP contribution in [0.25, 0.3) is 32.7 Å². The van der Waals surface area contributed by atoms with E-state index in [1.807, 2.05) is 0 Å². The summed E-state index contributed by atoms with van der Waals surface area (Å²) in [6.45, 7) is 0. The fraction of sp³-hybridized carbons (Fsp3) is 0. The molecule has 1 nitrogen and oxygen atoms in total. The highest BCUT2D eigenvalue weighted by Gasteiger charge is 2.17. The summed E-state index contributed by atoms with van der Waals surface area (Å²) in [5.41, 5.74) is 5.85. The van der Waals surface area contributed by atoms with Gasteiger partial charge in [0.05, 0.1) is 5.69 Å². The van der Waals surface area contributed by atoms with Gasteiger partial charge < -0.3 is 4.90 Å². The third kappa shape index (κ3) is 3.76. The molecule has 0 amide bonds. The molecule has 0 fully saturated rings. The predicted octanol–water partition coefficient (Wildman–Crippen LogP) is 9.89. The Bertz CT molecular complexity index is 1590. The van der Waals surface area contributed by atoms with Gasteiger partial charge in [-0.2, -0.15) is 0 Å². The second-order valence-corrected chi connectivity index (χ2v) is 9.30. The van der Waals surface area contributed by atoms with E-state index in [1.54, 1.807) is 0 Å². The summed E-state index contributed by atoms with van der Waals surface area (Å²) in [5.74, 6) is 0. The van der Waals surface area contributed by atoms with E-state index in [1.165, 1.54) is 38.4 Å². The van der Waals surface area contributed by atoms with E-state index in [4.69, 9.17) is 0 Å². The van der Waals surface area contributed by atoms with E-state index in [-0.39, 0.29) is 0 Å². The van der Waals surface area contributed by atoms with Crippen molar-refractivity contribution in [1.29, 1.82) is 0 Å². The van der Waals surface area contributed by atoms with Crippen LogP contribution in [0.5, 0.6) is 0 Å². The molecule has 0 radical (unpaired) electrons. The first kappa shape index (κ1) is 20.7. The molecule has 0 aliphatic rings. The summed E-state index contributed by atoms with van der Waals surface area (Å²) < 4.78 is 1.07. The molecule has 0 bridgehead atoms. The van der Waals surface area contributed by atoms with Gasteiger partial charge in [-0.05, 0) is 69.8 Å². The second-order valence-electron chi connectivity index (χ2n) is 8.39.